The molecule has 0 radical (unpaired) electrons. The first-order valence-electron chi connectivity index (χ1n) is 6.95. The van der Waals surface area contributed by atoms with Gasteiger partial charge in [0, 0.05) is 24.3 Å². The van der Waals surface area contributed by atoms with E-state index in [2.05, 4.69) is 38.3 Å². The fourth-order valence-electron chi connectivity index (χ4n) is 1.82. The number of carboxylic acids is 1. The lowest BCUT2D eigenvalue weighted by molar-refractivity contribution is -0.138. The molecule has 0 spiro atoms. The van der Waals surface area contributed by atoms with Crippen molar-refractivity contribution in [3.63, 3.8) is 0 Å². The van der Waals surface area contributed by atoms with Gasteiger partial charge in [-0.15, -0.1) is 0 Å². The summed E-state index contributed by atoms with van der Waals surface area (Å²) in [5.41, 5.74) is 0. The van der Waals surface area contributed by atoms with Gasteiger partial charge in [-0.1, -0.05) is 13.8 Å². The van der Waals surface area contributed by atoms with Crippen LogP contribution in [0, 0.1) is 11.8 Å². The van der Waals surface area contributed by atoms with E-state index in [1.54, 1.807) is 11.8 Å². The predicted molar refractivity (Wildman–Crippen MR) is 84.2 cm³/mol. The molecule has 0 unspecified atom stereocenters. The third-order valence-corrected chi connectivity index (χ3v) is 4.30. The van der Waals surface area contributed by atoms with Crippen LogP contribution in [0.25, 0.3) is 0 Å². The van der Waals surface area contributed by atoms with Crippen molar-refractivity contribution in [2.75, 3.05) is 19.3 Å². The van der Waals surface area contributed by atoms with Crippen molar-refractivity contribution in [2.24, 2.45) is 11.8 Å². The van der Waals surface area contributed by atoms with Crippen molar-refractivity contribution in [1.29, 1.82) is 0 Å². The smallest absolute Gasteiger partial charge is 0.314 e. The summed E-state index contributed by atoms with van der Waals surface area (Å²) in [6.45, 7) is 9.20. The SMILES string of the molecule is CSC(C)(C)CNC(=O)NC[C@H](CC(=O)O)CC(C)C. The van der Waals surface area contributed by atoms with Crippen molar-refractivity contribution in [2.45, 2.75) is 45.3 Å². The average Bonchev–Trinajstić information content (AvgIpc) is 2.32. The van der Waals surface area contributed by atoms with E-state index in [0.29, 0.717) is 19.0 Å². The van der Waals surface area contributed by atoms with Crippen molar-refractivity contribution < 1.29 is 14.7 Å². The van der Waals surface area contributed by atoms with Crippen LogP contribution in [0.2, 0.25) is 0 Å². The summed E-state index contributed by atoms with van der Waals surface area (Å²) < 4.78 is -0.00423. The van der Waals surface area contributed by atoms with E-state index < -0.39 is 5.97 Å². The molecule has 3 N–H and O–H groups in total. The summed E-state index contributed by atoms with van der Waals surface area (Å²) in [6, 6.07) is -0.230. The normalized spacial score (nSPS) is 13.1. The topological polar surface area (TPSA) is 78.4 Å². The minimum atomic E-state index is -0.818. The van der Waals surface area contributed by atoms with Crippen LogP contribution in [0.4, 0.5) is 4.79 Å². The zero-order valence-electron chi connectivity index (χ0n) is 13.2. The number of carbonyl (C=O) groups excluding carboxylic acids is 1. The molecule has 5 nitrogen and oxygen atoms in total. The van der Waals surface area contributed by atoms with Crippen LogP contribution in [-0.4, -0.2) is 41.2 Å². The lowest BCUT2D eigenvalue weighted by Gasteiger charge is -2.23. The molecule has 0 saturated heterocycles. The maximum atomic E-state index is 11.7. The molecule has 6 heteroatoms. The second-order valence-corrected chi connectivity index (χ2v) is 7.63. The summed E-state index contributed by atoms with van der Waals surface area (Å²) in [4.78, 5) is 22.5. The third-order valence-electron chi connectivity index (χ3n) is 3.05. The molecule has 0 bridgehead atoms. The van der Waals surface area contributed by atoms with Gasteiger partial charge in [0.25, 0.3) is 0 Å². The molecule has 0 aromatic carbocycles. The minimum Gasteiger partial charge on any atom is -0.481 e. The second-order valence-electron chi connectivity index (χ2n) is 6.12. The van der Waals surface area contributed by atoms with Crippen LogP contribution < -0.4 is 10.6 Å². The molecule has 0 aromatic heterocycles. The third kappa shape index (κ3) is 9.95. The molecule has 0 saturated carbocycles. The maximum Gasteiger partial charge on any atom is 0.314 e. The quantitative estimate of drug-likeness (QED) is 0.612. The monoisotopic (exact) mass is 304 g/mol. The molecule has 0 aliphatic heterocycles. The predicted octanol–water partition coefficient (Wildman–Crippen LogP) is 2.56. The Balaban J connectivity index is 4.13. The summed E-state index contributed by atoms with van der Waals surface area (Å²) in [7, 11) is 0. The molecule has 0 aromatic rings. The van der Waals surface area contributed by atoms with Crippen molar-refractivity contribution >= 4 is 23.8 Å². The first-order valence-corrected chi connectivity index (χ1v) is 8.17. The van der Waals surface area contributed by atoms with Gasteiger partial charge in [0.15, 0.2) is 0 Å². The van der Waals surface area contributed by atoms with Crippen molar-refractivity contribution in [1.82, 2.24) is 10.6 Å². The molecule has 1 atom stereocenters. The van der Waals surface area contributed by atoms with Gasteiger partial charge in [0.2, 0.25) is 0 Å². The van der Waals surface area contributed by atoms with Gasteiger partial charge >= 0.3 is 12.0 Å². The highest BCUT2D eigenvalue weighted by atomic mass is 32.2. The van der Waals surface area contributed by atoms with Gasteiger partial charge in [-0.05, 0) is 38.4 Å². The Bertz CT molecular complexity index is 320. The Morgan fingerprint density at radius 3 is 2.30 bits per heavy atom. The number of hydrogen-bond acceptors (Lipinski definition) is 3. The van der Waals surface area contributed by atoms with Crippen LogP contribution in [0.3, 0.4) is 0 Å². The lowest BCUT2D eigenvalue weighted by atomic mass is 9.94. The van der Waals surface area contributed by atoms with Crippen LogP contribution in [0.15, 0.2) is 0 Å². The Hall–Kier alpha value is -0.910. The maximum absolute atomic E-state index is 11.7. The number of hydrogen-bond donors (Lipinski definition) is 3. The van der Waals surface area contributed by atoms with E-state index >= 15 is 0 Å². The highest BCUT2D eigenvalue weighted by molar-refractivity contribution is 7.99. The summed E-state index contributed by atoms with van der Waals surface area (Å²) >= 11 is 1.69. The average molecular weight is 304 g/mol. The van der Waals surface area contributed by atoms with E-state index in [9.17, 15) is 9.59 Å². The number of carbonyl (C=O) groups is 2. The van der Waals surface area contributed by atoms with Crippen LogP contribution >= 0.6 is 11.8 Å². The molecule has 2 amide bonds. The van der Waals surface area contributed by atoms with E-state index in [-0.39, 0.29) is 23.1 Å². The second kappa shape index (κ2) is 9.10. The standard InChI is InChI=1S/C14H28N2O3S/c1-10(2)6-11(7-12(17)18)8-15-13(19)16-9-14(3,4)20-5/h10-11H,6-9H2,1-5H3,(H,17,18)(H2,15,16,19)/t11-/m0/s1. The van der Waals surface area contributed by atoms with Crippen molar-refractivity contribution in [3.8, 4) is 0 Å². The lowest BCUT2D eigenvalue weighted by Crippen LogP contribution is -2.43. The Labute approximate surface area is 126 Å². The molecule has 20 heavy (non-hydrogen) atoms. The van der Waals surface area contributed by atoms with Gasteiger partial charge in [-0.25, -0.2) is 4.79 Å². The number of amides is 2. The van der Waals surface area contributed by atoms with E-state index in [1.165, 1.54) is 0 Å². The summed E-state index contributed by atoms with van der Waals surface area (Å²) in [5, 5.41) is 14.5. The molecular formula is C14H28N2O3S. The highest BCUT2D eigenvalue weighted by Gasteiger charge is 2.18. The van der Waals surface area contributed by atoms with Gasteiger partial charge in [-0.3, -0.25) is 4.79 Å². The first-order chi connectivity index (χ1) is 9.16. The number of rotatable bonds is 9. The van der Waals surface area contributed by atoms with E-state index in [1.807, 2.05) is 6.26 Å². The van der Waals surface area contributed by atoms with Crippen LogP contribution in [0.1, 0.15) is 40.5 Å². The first kappa shape index (κ1) is 19.1. The highest BCUT2D eigenvalue weighted by Crippen LogP contribution is 2.19. The van der Waals surface area contributed by atoms with Crippen molar-refractivity contribution in [3.05, 3.63) is 0 Å². The molecule has 0 rings (SSSR count). The largest absolute Gasteiger partial charge is 0.481 e. The van der Waals surface area contributed by atoms with Gasteiger partial charge in [0.05, 0.1) is 0 Å². The number of aliphatic carboxylic acids is 1. The molecule has 118 valence electrons. The number of thioether (sulfide) groups is 1. The van der Waals surface area contributed by atoms with Gasteiger partial charge < -0.3 is 15.7 Å². The number of carboxylic acid groups (broad SMARTS) is 1. The zero-order chi connectivity index (χ0) is 15.8. The fraction of sp³-hybridized carbons (Fsp3) is 0.857. The zero-order valence-corrected chi connectivity index (χ0v) is 14.0. The Kier molecular flexibility index (Phi) is 8.69. The van der Waals surface area contributed by atoms with Gasteiger partial charge in [-0.2, -0.15) is 11.8 Å². The number of nitrogens with one attached hydrogen (secondary N) is 2. The number of urea groups is 1. The van der Waals surface area contributed by atoms with E-state index in [4.69, 9.17) is 5.11 Å². The molecule has 0 aliphatic rings. The molecule has 0 heterocycles. The molecular weight excluding hydrogens is 276 g/mol. The Morgan fingerprint density at radius 2 is 1.85 bits per heavy atom. The van der Waals surface area contributed by atoms with Crippen LogP contribution in [0.5, 0.6) is 0 Å². The molecule has 0 fully saturated rings. The summed E-state index contributed by atoms with van der Waals surface area (Å²) in [5.74, 6) is -0.423. The van der Waals surface area contributed by atoms with Gasteiger partial charge in [0.1, 0.15) is 0 Å². The molecule has 0 aliphatic carbocycles. The Morgan fingerprint density at radius 1 is 1.25 bits per heavy atom. The minimum absolute atomic E-state index is 0.00423. The van der Waals surface area contributed by atoms with E-state index in [0.717, 1.165) is 6.42 Å². The van der Waals surface area contributed by atoms with Crippen LogP contribution in [-0.2, 0) is 4.79 Å². The fourth-order valence-corrected chi connectivity index (χ4v) is 2.03. The summed E-state index contributed by atoms with van der Waals surface area (Å²) in [6.07, 6.45) is 2.89.